The van der Waals surface area contributed by atoms with Crippen LogP contribution in [0.4, 0.5) is 17.6 Å². The van der Waals surface area contributed by atoms with E-state index in [0.29, 0.717) is 6.20 Å². The van der Waals surface area contributed by atoms with Gasteiger partial charge in [-0.3, -0.25) is 14.1 Å². The molecule has 2 rings (SSSR count). The molecule has 1 aromatic rings. The highest BCUT2D eigenvalue weighted by atomic mass is 32.1. The summed E-state index contributed by atoms with van der Waals surface area (Å²) in [5.41, 5.74) is -6.04. The molecule has 0 amide bonds. The molecule has 0 saturated carbocycles. The molecule has 0 radical (unpaired) electrons. The molecule has 6 N–H and O–H groups in total. The molecule has 3 unspecified atom stereocenters. The van der Waals surface area contributed by atoms with Gasteiger partial charge in [0.05, 0.1) is 6.61 Å². The average Bonchev–Trinajstić information content (AvgIpc) is 2.82. The van der Waals surface area contributed by atoms with E-state index in [2.05, 4.69) is 25.4 Å². The Morgan fingerprint density at radius 1 is 1.18 bits per heavy atom. The van der Waals surface area contributed by atoms with Crippen LogP contribution in [0.1, 0.15) is 6.23 Å². The monoisotopic (exact) mass is 570 g/mol. The van der Waals surface area contributed by atoms with E-state index in [-0.39, 0.29) is 9.21 Å². The lowest BCUT2D eigenvalue weighted by Gasteiger charge is -2.30. The van der Waals surface area contributed by atoms with Crippen LogP contribution < -0.4 is 5.69 Å². The van der Waals surface area contributed by atoms with Gasteiger partial charge in [0.25, 0.3) is 5.67 Å². The quantitative estimate of drug-likeness (QED) is 0.144. The summed E-state index contributed by atoms with van der Waals surface area (Å²) in [6.45, 7) is -1.61. The lowest BCUT2D eigenvalue weighted by Crippen LogP contribution is -2.55. The standard InChI is InChI=1S/C10H13F4N2O13P3S/c11-9(10(12,13)14)6(17)4(27-7(9)16-2-1-5(33)15-8(16)18)3-26-31(22,23)29-32(24,25)28-30(19,20)21/h1-2,4,6-7,17H,3H2,(H,22,23)(H,24,25)(H,15,18,33)(H2,19,20,21)/t4-,6?,7-,9-/m1/s1. The lowest BCUT2D eigenvalue weighted by molar-refractivity contribution is -0.274. The second-order valence-corrected chi connectivity index (χ2v) is 11.0. The van der Waals surface area contributed by atoms with E-state index in [4.69, 9.17) is 19.4 Å². The van der Waals surface area contributed by atoms with Crippen LogP contribution in [-0.2, 0) is 31.6 Å². The maximum Gasteiger partial charge on any atom is 0.490 e. The third kappa shape index (κ3) is 6.64. The summed E-state index contributed by atoms with van der Waals surface area (Å²) < 4.78 is 104. The molecule has 1 aromatic heterocycles. The van der Waals surface area contributed by atoms with E-state index >= 15 is 4.39 Å². The summed E-state index contributed by atoms with van der Waals surface area (Å²) in [7, 11) is -17.5. The SMILES string of the molecule is O=c1[nH]c(=S)ccn1[C@@H]1O[C@H](COP(=O)(O)OP(=O)(O)OP(=O)(O)O)C(O)[C@]1(F)C(F)(F)F. The molecule has 2 heterocycles. The first kappa shape index (κ1) is 28.4. The van der Waals surface area contributed by atoms with Gasteiger partial charge >= 0.3 is 35.3 Å². The largest absolute Gasteiger partial charge is 0.490 e. The Balaban J connectivity index is 2.29. The van der Waals surface area contributed by atoms with E-state index in [9.17, 15) is 41.7 Å². The van der Waals surface area contributed by atoms with E-state index in [0.717, 1.165) is 6.07 Å². The number of nitrogens with zero attached hydrogens (tertiary/aromatic N) is 1. The van der Waals surface area contributed by atoms with Crippen molar-refractivity contribution in [2.75, 3.05) is 6.61 Å². The number of aliphatic hydroxyl groups excluding tert-OH is 1. The van der Waals surface area contributed by atoms with Crippen molar-refractivity contribution in [2.45, 2.75) is 30.3 Å². The van der Waals surface area contributed by atoms with E-state index in [1.165, 1.54) is 0 Å². The number of nitrogens with one attached hydrogen (secondary N) is 1. The molecule has 6 atom stereocenters. The van der Waals surface area contributed by atoms with Gasteiger partial charge in [-0.05, 0) is 6.07 Å². The molecular formula is C10H13F4N2O13P3S. The van der Waals surface area contributed by atoms with Gasteiger partial charge in [0.2, 0.25) is 0 Å². The molecule has 33 heavy (non-hydrogen) atoms. The van der Waals surface area contributed by atoms with Gasteiger partial charge in [-0.2, -0.15) is 21.8 Å². The number of aliphatic hydroxyl groups is 1. The molecule has 190 valence electrons. The van der Waals surface area contributed by atoms with Crippen LogP contribution >= 0.6 is 35.7 Å². The zero-order valence-electron chi connectivity index (χ0n) is 15.3. The van der Waals surface area contributed by atoms with Crippen LogP contribution in [0, 0.1) is 4.64 Å². The first-order valence-electron chi connectivity index (χ1n) is 7.87. The molecule has 15 nitrogen and oxygen atoms in total. The fraction of sp³-hybridized carbons (Fsp3) is 0.600. The molecule has 1 aliphatic heterocycles. The fourth-order valence-corrected chi connectivity index (χ4v) is 5.72. The summed E-state index contributed by atoms with van der Waals surface area (Å²) in [5.74, 6) is 0. The van der Waals surface area contributed by atoms with Crippen LogP contribution in [0.5, 0.6) is 0 Å². The zero-order valence-corrected chi connectivity index (χ0v) is 18.8. The Kier molecular flexibility index (Phi) is 8.01. The smallest absolute Gasteiger partial charge is 0.386 e. The molecule has 1 aliphatic rings. The molecule has 1 saturated heterocycles. The molecular weight excluding hydrogens is 557 g/mol. The number of hydrogen-bond acceptors (Lipinski definition) is 10. The van der Waals surface area contributed by atoms with Gasteiger partial charge in [-0.25, -0.2) is 22.9 Å². The van der Waals surface area contributed by atoms with Crippen molar-refractivity contribution in [3.05, 3.63) is 27.4 Å². The van der Waals surface area contributed by atoms with Crippen molar-refractivity contribution in [2.24, 2.45) is 0 Å². The molecule has 0 spiro atoms. The molecule has 1 fully saturated rings. The van der Waals surface area contributed by atoms with Crippen LogP contribution in [0.25, 0.3) is 0 Å². The van der Waals surface area contributed by atoms with E-state index in [1.54, 1.807) is 0 Å². The summed E-state index contributed by atoms with van der Waals surface area (Å²) in [6, 6.07) is 0.892. The Bertz CT molecular complexity index is 1150. The minimum absolute atomic E-state index is 0.0529. The Morgan fingerprint density at radius 2 is 1.76 bits per heavy atom. The molecule has 23 heteroatoms. The maximum atomic E-state index is 15.1. The van der Waals surface area contributed by atoms with Crippen LogP contribution in [-0.4, -0.2) is 64.9 Å². The van der Waals surface area contributed by atoms with Crippen LogP contribution in [0.15, 0.2) is 17.1 Å². The number of aromatic nitrogens is 2. The van der Waals surface area contributed by atoms with Gasteiger partial charge in [0.1, 0.15) is 16.8 Å². The summed E-state index contributed by atoms with van der Waals surface area (Å²) >= 11 is 4.60. The van der Waals surface area contributed by atoms with E-state index < -0.39 is 66.0 Å². The Labute approximate surface area is 184 Å². The van der Waals surface area contributed by atoms with E-state index in [1.807, 2.05) is 4.98 Å². The minimum atomic E-state index is -5.95. The molecule has 0 aromatic carbocycles. The predicted molar refractivity (Wildman–Crippen MR) is 95.5 cm³/mol. The Hall–Kier alpha value is -0.850. The summed E-state index contributed by atoms with van der Waals surface area (Å²) in [6.07, 6.45) is -13.7. The third-order valence-corrected chi connectivity index (χ3v) is 7.84. The average molecular weight is 570 g/mol. The second-order valence-electron chi connectivity index (χ2n) is 6.14. The molecule has 0 bridgehead atoms. The number of hydrogen-bond donors (Lipinski definition) is 6. The summed E-state index contributed by atoms with van der Waals surface area (Å²) in [5, 5.41) is 9.91. The maximum absolute atomic E-state index is 15.1. The van der Waals surface area contributed by atoms with Gasteiger partial charge in [0.15, 0.2) is 6.23 Å². The number of aromatic amines is 1. The third-order valence-electron chi connectivity index (χ3n) is 3.80. The second kappa shape index (κ2) is 9.31. The van der Waals surface area contributed by atoms with Crippen molar-refractivity contribution < 1.29 is 73.8 Å². The zero-order chi connectivity index (χ0) is 25.6. The fourth-order valence-electron chi connectivity index (χ4n) is 2.54. The van der Waals surface area contributed by atoms with Crippen molar-refractivity contribution in [3.8, 4) is 0 Å². The number of phosphoric acid groups is 3. The topological polar surface area (TPSA) is 227 Å². The van der Waals surface area contributed by atoms with Gasteiger partial charge in [-0.15, -0.1) is 0 Å². The highest BCUT2D eigenvalue weighted by Gasteiger charge is 2.73. The van der Waals surface area contributed by atoms with Crippen molar-refractivity contribution in [1.29, 1.82) is 0 Å². The highest BCUT2D eigenvalue weighted by molar-refractivity contribution is 7.71. The van der Waals surface area contributed by atoms with Crippen LogP contribution in [0.2, 0.25) is 0 Å². The van der Waals surface area contributed by atoms with Gasteiger partial charge < -0.3 is 29.4 Å². The Morgan fingerprint density at radius 3 is 2.24 bits per heavy atom. The number of alkyl halides is 4. The first-order valence-corrected chi connectivity index (χ1v) is 12.8. The number of H-pyrrole nitrogens is 1. The normalized spacial score (nSPS) is 30.0. The van der Waals surface area contributed by atoms with Crippen LogP contribution in [0.3, 0.4) is 0 Å². The molecule has 0 aliphatic carbocycles. The van der Waals surface area contributed by atoms with Crippen molar-refractivity contribution in [3.63, 3.8) is 0 Å². The van der Waals surface area contributed by atoms with Gasteiger partial charge in [-0.1, -0.05) is 12.2 Å². The highest BCUT2D eigenvalue weighted by Crippen LogP contribution is 2.66. The summed E-state index contributed by atoms with van der Waals surface area (Å²) in [4.78, 5) is 49.0. The predicted octanol–water partition coefficient (Wildman–Crippen LogP) is 0.778. The minimum Gasteiger partial charge on any atom is -0.386 e. The van der Waals surface area contributed by atoms with Crippen molar-refractivity contribution >= 4 is 35.7 Å². The lowest BCUT2D eigenvalue weighted by atomic mass is 9.95. The number of ether oxygens (including phenoxy) is 1. The first-order chi connectivity index (χ1) is 14.7. The number of halogens is 4. The van der Waals surface area contributed by atoms with Gasteiger partial charge in [0, 0.05) is 6.20 Å². The van der Waals surface area contributed by atoms with Crippen molar-refractivity contribution in [1.82, 2.24) is 9.55 Å². The number of phosphoric ester groups is 1. The number of rotatable bonds is 8.